The van der Waals surface area contributed by atoms with Crippen molar-refractivity contribution in [2.45, 2.75) is 0 Å². The molecule has 0 aliphatic carbocycles. The zero-order chi connectivity index (χ0) is 10.7. The molecule has 1 N–H and O–H groups in total. The molecule has 1 heterocycles. The van der Waals surface area contributed by atoms with Crippen LogP contribution < -0.4 is 4.74 Å². The van der Waals surface area contributed by atoms with Crippen molar-refractivity contribution in [3.8, 4) is 23.0 Å². The summed E-state index contributed by atoms with van der Waals surface area (Å²) < 4.78 is 4.79. The summed E-state index contributed by atoms with van der Waals surface area (Å²) >= 11 is 0. The fraction of sp³-hybridized carbons (Fsp3) is 0.100. The molecule has 1 aromatic carbocycles. The number of phenols is 1. The van der Waals surface area contributed by atoms with Crippen molar-refractivity contribution in [3.05, 3.63) is 30.5 Å². The summed E-state index contributed by atoms with van der Waals surface area (Å²) in [5, 5.41) is 17.2. The van der Waals surface area contributed by atoms with E-state index in [4.69, 9.17) is 4.74 Å². The number of hydrogen-bond acceptors (Lipinski definition) is 5. The molecule has 15 heavy (non-hydrogen) atoms. The molecule has 0 bridgehead atoms. The second-order valence-electron chi connectivity index (χ2n) is 2.85. The molecule has 0 aliphatic rings. The molecule has 0 radical (unpaired) electrons. The molecule has 5 heteroatoms. The van der Waals surface area contributed by atoms with Crippen LogP contribution in [0, 0.1) is 0 Å². The van der Waals surface area contributed by atoms with Crippen LogP contribution in [0.15, 0.2) is 30.5 Å². The smallest absolute Gasteiger partial charge is 0.335 e. The number of methoxy groups -OCH3 is 1. The van der Waals surface area contributed by atoms with Gasteiger partial charge in [-0.05, 0) is 12.1 Å². The van der Waals surface area contributed by atoms with Crippen molar-refractivity contribution in [1.29, 1.82) is 0 Å². The summed E-state index contributed by atoms with van der Waals surface area (Å²) in [5.41, 5.74) is 1.11. The van der Waals surface area contributed by atoms with Crippen LogP contribution in [0.4, 0.5) is 0 Å². The summed E-state index contributed by atoms with van der Waals surface area (Å²) in [6.07, 6.45) is 1.50. The Morgan fingerprint density at radius 3 is 2.60 bits per heavy atom. The van der Waals surface area contributed by atoms with Crippen molar-refractivity contribution in [1.82, 2.24) is 15.2 Å². The van der Waals surface area contributed by atoms with E-state index in [9.17, 15) is 5.11 Å². The Morgan fingerprint density at radius 2 is 2.00 bits per heavy atom. The summed E-state index contributed by atoms with van der Waals surface area (Å²) in [6.45, 7) is 0. The van der Waals surface area contributed by atoms with E-state index in [-0.39, 0.29) is 11.8 Å². The normalized spacial score (nSPS) is 9.93. The Balaban J connectivity index is 2.42. The van der Waals surface area contributed by atoms with Crippen LogP contribution in [0.2, 0.25) is 0 Å². The van der Waals surface area contributed by atoms with Gasteiger partial charge in [0.25, 0.3) is 0 Å². The van der Waals surface area contributed by atoms with Crippen molar-refractivity contribution in [2.75, 3.05) is 7.11 Å². The molecular weight excluding hydrogens is 194 g/mol. The van der Waals surface area contributed by atoms with Gasteiger partial charge in [-0.1, -0.05) is 17.2 Å². The predicted octanol–water partition coefficient (Wildman–Crippen LogP) is 1.25. The van der Waals surface area contributed by atoms with Crippen LogP contribution >= 0.6 is 0 Å². The van der Waals surface area contributed by atoms with Crippen LogP contribution in [0.1, 0.15) is 0 Å². The van der Waals surface area contributed by atoms with E-state index in [1.165, 1.54) is 13.3 Å². The number of nitrogens with zero attached hydrogens (tertiary/aromatic N) is 3. The molecule has 0 amide bonds. The van der Waals surface area contributed by atoms with Gasteiger partial charge in [-0.15, -0.1) is 5.10 Å². The molecule has 0 spiro atoms. The van der Waals surface area contributed by atoms with E-state index in [2.05, 4.69) is 15.2 Å². The number of ether oxygens (including phenoxy) is 1. The second-order valence-corrected chi connectivity index (χ2v) is 2.85. The summed E-state index contributed by atoms with van der Waals surface area (Å²) in [7, 11) is 1.47. The average Bonchev–Trinajstić information content (AvgIpc) is 2.30. The third kappa shape index (κ3) is 1.85. The molecule has 2 aromatic rings. The maximum Gasteiger partial charge on any atom is 0.335 e. The molecular formula is C10H9N3O2. The monoisotopic (exact) mass is 203 g/mol. The van der Waals surface area contributed by atoms with E-state index >= 15 is 0 Å². The lowest BCUT2D eigenvalue weighted by Gasteiger charge is -2.02. The fourth-order valence-corrected chi connectivity index (χ4v) is 1.17. The topological polar surface area (TPSA) is 68.1 Å². The number of aromatic hydroxyl groups is 1. The van der Waals surface area contributed by atoms with E-state index in [0.717, 1.165) is 0 Å². The highest BCUT2D eigenvalue weighted by Gasteiger charge is 2.06. The van der Waals surface area contributed by atoms with Gasteiger partial charge in [-0.25, -0.2) is 4.98 Å². The Hall–Kier alpha value is -2.17. The van der Waals surface area contributed by atoms with E-state index in [1.807, 2.05) is 0 Å². The lowest BCUT2D eigenvalue weighted by molar-refractivity contribution is 0.373. The Labute approximate surface area is 86.4 Å². The van der Waals surface area contributed by atoms with Gasteiger partial charge in [0.2, 0.25) is 0 Å². The quantitative estimate of drug-likeness (QED) is 0.795. The van der Waals surface area contributed by atoms with Crippen molar-refractivity contribution in [3.63, 3.8) is 0 Å². The van der Waals surface area contributed by atoms with Crippen molar-refractivity contribution in [2.24, 2.45) is 0 Å². The minimum atomic E-state index is 0.152. The van der Waals surface area contributed by atoms with E-state index in [0.29, 0.717) is 11.3 Å². The van der Waals surface area contributed by atoms with Gasteiger partial charge < -0.3 is 9.84 Å². The SMILES string of the molecule is COc1ncc(-c2ccccc2O)nn1. The minimum Gasteiger partial charge on any atom is -0.507 e. The van der Waals surface area contributed by atoms with Crippen LogP contribution in [0.3, 0.4) is 0 Å². The molecule has 0 fully saturated rings. The first-order valence-corrected chi connectivity index (χ1v) is 4.33. The van der Waals surface area contributed by atoms with Gasteiger partial charge in [0.1, 0.15) is 11.4 Å². The van der Waals surface area contributed by atoms with Crippen molar-refractivity contribution < 1.29 is 9.84 Å². The van der Waals surface area contributed by atoms with Crippen LogP contribution in [0.25, 0.3) is 11.3 Å². The maximum absolute atomic E-state index is 9.56. The molecule has 0 saturated heterocycles. The molecule has 0 aliphatic heterocycles. The number of aromatic nitrogens is 3. The third-order valence-electron chi connectivity index (χ3n) is 1.90. The Morgan fingerprint density at radius 1 is 1.20 bits per heavy atom. The second kappa shape index (κ2) is 3.91. The fourth-order valence-electron chi connectivity index (χ4n) is 1.17. The lowest BCUT2D eigenvalue weighted by Crippen LogP contribution is -1.95. The molecule has 0 atom stereocenters. The van der Waals surface area contributed by atoms with Gasteiger partial charge in [0, 0.05) is 5.56 Å². The molecule has 5 nitrogen and oxygen atoms in total. The lowest BCUT2D eigenvalue weighted by atomic mass is 10.1. The first-order valence-electron chi connectivity index (χ1n) is 4.33. The number of rotatable bonds is 2. The molecule has 0 unspecified atom stereocenters. The van der Waals surface area contributed by atoms with E-state index in [1.54, 1.807) is 24.3 Å². The van der Waals surface area contributed by atoms with Crippen LogP contribution in [-0.2, 0) is 0 Å². The predicted molar refractivity (Wildman–Crippen MR) is 53.5 cm³/mol. The summed E-state index contributed by atoms with van der Waals surface area (Å²) in [4.78, 5) is 3.91. The van der Waals surface area contributed by atoms with Gasteiger partial charge >= 0.3 is 6.01 Å². The van der Waals surface area contributed by atoms with Gasteiger partial charge in [0.05, 0.1) is 13.3 Å². The zero-order valence-electron chi connectivity index (χ0n) is 8.08. The average molecular weight is 203 g/mol. The molecule has 0 saturated carbocycles. The summed E-state index contributed by atoms with van der Waals surface area (Å²) in [5.74, 6) is 0.152. The van der Waals surface area contributed by atoms with Gasteiger partial charge in [-0.3, -0.25) is 0 Å². The number of hydrogen-bond donors (Lipinski definition) is 1. The Bertz CT molecular complexity index is 456. The van der Waals surface area contributed by atoms with Gasteiger partial charge in [0.15, 0.2) is 0 Å². The number of benzene rings is 1. The molecule has 76 valence electrons. The first-order chi connectivity index (χ1) is 7.31. The number of para-hydroxylation sites is 1. The highest BCUT2D eigenvalue weighted by Crippen LogP contribution is 2.25. The van der Waals surface area contributed by atoms with Crippen molar-refractivity contribution >= 4 is 0 Å². The maximum atomic E-state index is 9.56. The van der Waals surface area contributed by atoms with Crippen LogP contribution in [-0.4, -0.2) is 27.4 Å². The summed E-state index contributed by atoms with van der Waals surface area (Å²) in [6, 6.07) is 7.08. The van der Waals surface area contributed by atoms with Crippen LogP contribution in [0.5, 0.6) is 11.8 Å². The standard InChI is InChI=1S/C10H9N3O2/c1-15-10-11-6-8(12-13-10)7-4-2-3-5-9(7)14/h2-6,14H,1H3. The highest BCUT2D eigenvalue weighted by atomic mass is 16.5. The Kier molecular flexibility index (Phi) is 2.45. The zero-order valence-corrected chi connectivity index (χ0v) is 8.08. The largest absolute Gasteiger partial charge is 0.507 e. The third-order valence-corrected chi connectivity index (χ3v) is 1.90. The first kappa shape index (κ1) is 9.39. The minimum absolute atomic E-state index is 0.152. The highest BCUT2D eigenvalue weighted by molar-refractivity contribution is 5.65. The molecule has 1 aromatic heterocycles. The van der Waals surface area contributed by atoms with E-state index < -0.39 is 0 Å². The molecule has 2 rings (SSSR count). The number of phenolic OH excluding ortho intramolecular Hbond substituents is 1. The van der Waals surface area contributed by atoms with Gasteiger partial charge in [-0.2, -0.15) is 0 Å².